The van der Waals surface area contributed by atoms with Crippen LogP contribution in [0.25, 0.3) is 0 Å². The minimum Gasteiger partial charge on any atom is -0.468 e. The minimum absolute atomic E-state index is 0.287. The third kappa shape index (κ3) is 2.08. The number of nitrogen functional groups attached to an aromatic ring is 1. The van der Waals surface area contributed by atoms with Gasteiger partial charge in [-0.2, -0.15) is 0 Å². The molecule has 15 heavy (non-hydrogen) atoms. The van der Waals surface area contributed by atoms with Gasteiger partial charge in [-0.25, -0.2) is 9.97 Å². The molecule has 0 atom stereocenters. The zero-order valence-corrected chi connectivity index (χ0v) is 9.47. The number of hydrogen-bond acceptors (Lipinski definition) is 5. The Morgan fingerprint density at radius 2 is 2.27 bits per heavy atom. The number of aryl methyl sites for hydroxylation is 1. The van der Waals surface area contributed by atoms with Gasteiger partial charge in [-0.1, -0.05) is 23.4 Å². The van der Waals surface area contributed by atoms with E-state index in [2.05, 4.69) is 9.97 Å². The molecule has 4 nitrogen and oxygen atoms in total. The van der Waals surface area contributed by atoms with Crippen molar-refractivity contribution in [1.29, 1.82) is 0 Å². The molecule has 2 heterocycles. The van der Waals surface area contributed by atoms with Crippen molar-refractivity contribution in [2.75, 3.05) is 5.73 Å². The monoisotopic (exact) mass is 241 g/mol. The lowest BCUT2D eigenvalue weighted by atomic mass is 10.5. The van der Waals surface area contributed by atoms with E-state index in [1.165, 1.54) is 18.1 Å². The SMILES string of the molecule is Cc1occc1Sc1ncnc(N)c1Cl. The molecule has 0 spiro atoms. The van der Waals surface area contributed by atoms with Gasteiger partial charge in [0.1, 0.15) is 28.0 Å². The number of nitrogens with two attached hydrogens (primary N) is 1. The Labute approximate surface area is 95.9 Å². The average Bonchev–Trinajstić information content (AvgIpc) is 2.60. The molecule has 2 aromatic rings. The van der Waals surface area contributed by atoms with Crippen molar-refractivity contribution in [1.82, 2.24) is 9.97 Å². The van der Waals surface area contributed by atoms with Crippen molar-refractivity contribution in [2.24, 2.45) is 0 Å². The Morgan fingerprint density at radius 3 is 2.93 bits per heavy atom. The molecule has 2 rings (SSSR count). The molecule has 0 fully saturated rings. The largest absolute Gasteiger partial charge is 0.468 e. The molecule has 2 N–H and O–H groups in total. The highest BCUT2D eigenvalue weighted by molar-refractivity contribution is 7.99. The van der Waals surface area contributed by atoms with Crippen molar-refractivity contribution in [2.45, 2.75) is 16.8 Å². The third-order valence-electron chi connectivity index (χ3n) is 1.80. The summed E-state index contributed by atoms with van der Waals surface area (Å²) < 4.78 is 5.17. The fourth-order valence-electron chi connectivity index (χ4n) is 1.02. The molecule has 0 saturated carbocycles. The van der Waals surface area contributed by atoms with Crippen molar-refractivity contribution >= 4 is 29.2 Å². The van der Waals surface area contributed by atoms with Gasteiger partial charge in [0.2, 0.25) is 0 Å². The van der Waals surface area contributed by atoms with Gasteiger partial charge in [0.25, 0.3) is 0 Å². The first kappa shape index (κ1) is 10.3. The van der Waals surface area contributed by atoms with Crippen LogP contribution in [0.5, 0.6) is 0 Å². The molecule has 0 aliphatic heterocycles. The number of rotatable bonds is 2. The van der Waals surface area contributed by atoms with Gasteiger partial charge in [-0.3, -0.25) is 0 Å². The zero-order valence-electron chi connectivity index (χ0n) is 7.90. The zero-order chi connectivity index (χ0) is 10.8. The Bertz CT molecular complexity index is 486. The molecule has 0 saturated heterocycles. The second kappa shape index (κ2) is 4.12. The fraction of sp³-hybridized carbons (Fsp3) is 0.111. The van der Waals surface area contributed by atoms with Crippen LogP contribution in [0.2, 0.25) is 5.02 Å². The van der Waals surface area contributed by atoms with E-state index in [0.717, 1.165) is 10.7 Å². The molecular formula is C9H8ClN3OS. The molecular weight excluding hydrogens is 234 g/mol. The summed E-state index contributed by atoms with van der Waals surface area (Å²) in [6.45, 7) is 1.88. The van der Waals surface area contributed by atoms with Crippen molar-refractivity contribution < 1.29 is 4.42 Å². The van der Waals surface area contributed by atoms with Crippen LogP contribution in [0.1, 0.15) is 5.76 Å². The number of nitrogens with zero attached hydrogens (tertiary/aromatic N) is 2. The highest BCUT2D eigenvalue weighted by Crippen LogP contribution is 2.35. The van der Waals surface area contributed by atoms with Crippen LogP contribution in [0.3, 0.4) is 0 Å². The smallest absolute Gasteiger partial charge is 0.146 e. The van der Waals surface area contributed by atoms with Crippen LogP contribution in [0.15, 0.2) is 33.0 Å². The lowest BCUT2D eigenvalue weighted by Crippen LogP contribution is -1.94. The maximum atomic E-state index is 5.96. The Kier molecular flexibility index (Phi) is 2.83. The average molecular weight is 242 g/mol. The Balaban J connectivity index is 2.33. The van der Waals surface area contributed by atoms with Crippen LogP contribution in [0.4, 0.5) is 5.82 Å². The van der Waals surface area contributed by atoms with Crippen LogP contribution in [-0.4, -0.2) is 9.97 Å². The predicted octanol–water partition coefficient (Wildman–Crippen LogP) is 2.76. The van der Waals surface area contributed by atoms with Crippen LogP contribution in [-0.2, 0) is 0 Å². The van der Waals surface area contributed by atoms with Gasteiger partial charge in [0.05, 0.1) is 11.2 Å². The summed E-state index contributed by atoms with van der Waals surface area (Å²) in [5, 5.41) is 1.01. The van der Waals surface area contributed by atoms with Gasteiger partial charge in [0.15, 0.2) is 0 Å². The standard InChI is InChI=1S/C9H8ClN3OS/c1-5-6(2-3-14-5)15-9-7(10)8(11)12-4-13-9/h2-4H,1H3,(H2,11,12,13). The van der Waals surface area contributed by atoms with Gasteiger partial charge < -0.3 is 10.2 Å². The molecule has 78 valence electrons. The summed E-state index contributed by atoms with van der Waals surface area (Å²) in [4.78, 5) is 8.81. The first-order valence-corrected chi connectivity index (χ1v) is 5.36. The summed E-state index contributed by atoms with van der Waals surface area (Å²) in [5.41, 5.74) is 5.57. The lowest BCUT2D eigenvalue weighted by Gasteiger charge is -2.02. The molecule has 0 aromatic carbocycles. The number of furan rings is 1. The fourth-order valence-corrected chi connectivity index (χ4v) is 2.05. The van der Waals surface area contributed by atoms with Crippen molar-refractivity contribution in [3.63, 3.8) is 0 Å². The van der Waals surface area contributed by atoms with E-state index < -0.39 is 0 Å². The Morgan fingerprint density at radius 1 is 1.47 bits per heavy atom. The summed E-state index contributed by atoms with van der Waals surface area (Å²) in [7, 11) is 0. The Hall–Kier alpha value is -1.20. The van der Waals surface area contributed by atoms with Crippen molar-refractivity contribution in [3.8, 4) is 0 Å². The van der Waals surface area contributed by atoms with Crippen LogP contribution in [0, 0.1) is 6.92 Å². The molecule has 2 aromatic heterocycles. The van der Waals surface area contributed by atoms with E-state index in [1.807, 2.05) is 13.0 Å². The van der Waals surface area contributed by atoms with E-state index in [-0.39, 0.29) is 5.82 Å². The quantitative estimate of drug-likeness (QED) is 0.819. The highest BCUT2D eigenvalue weighted by Gasteiger charge is 2.10. The van der Waals surface area contributed by atoms with E-state index in [0.29, 0.717) is 10.0 Å². The second-order valence-electron chi connectivity index (χ2n) is 2.82. The van der Waals surface area contributed by atoms with Crippen molar-refractivity contribution in [3.05, 3.63) is 29.4 Å². The van der Waals surface area contributed by atoms with E-state index in [1.54, 1.807) is 6.26 Å². The first-order valence-electron chi connectivity index (χ1n) is 4.16. The molecule has 6 heteroatoms. The normalized spacial score (nSPS) is 10.5. The molecule has 0 bridgehead atoms. The minimum atomic E-state index is 0.287. The topological polar surface area (TPSA) is 64.9 Å². The predicted molar refractivity (Wildman–Crippen MR) is 59.0 cm³/mol. The van der Waals surface area contributed by atoms with Crippen LogP contribution >= 0.6 is 23.4 Å². The molecule has 0 aliphatic carbocycles. The number of halogens is 1. The van der Waals surface area contributed by atoms with E-state index in [4.69, 9.17) is 21.8 Å². The lowest BCUT2D eigenvalue weighted by molar-refractivity contribution is 0.527. The number of hydrogen-bond donors (Lipinski definition) is 1. The number of anilines is 1. The third-order valence-corrected chi connectivity index (χ3v) is 3.43. The van der Waals surface area contributed by atoms with Gasteiger partial charge in [-0.15, -0.1) is 0 Å². The molecule has 0 radical (unpaired) electrons. The molecule has 0 amide bonds. The van der Waals surface area contributed by atoms with Gasteiger partial charge in [0, 0.05) is 0 Å². The summed E-state index contributed by atoms with van der Waals surface area (Å²) in [6.07, 6.45) is 3.01. The molecule has 0 unspecified atom stereocenters. The van der Waals surface area contributed by atoms with E-state index >= 15 is 0 Å². The second-order valence-corrected chi connectivity index (χ2v) is 4.23. The summed E-state index contributed by atoms with van der Waals surface area (Å²) >= 11 is 7.37. The summed E-state index contributed by atoms with van der Waals surface area (Å²) in [5.74, 6) is 1.11. The van der Waals surface area contributed by atoms with Gasteiger partial charge in [-0.05, 0) is 13.0 Å². The maximum Gasteiger partial charge on any atom is 0.146 e. The number of aromatic nitrogens is 2. The maximum absolute atomic E-state index is 5.96. The van der Waals surface area contributed by atoms with Crippen LogP contribution < -0.4 is 5.73 Å². The molecule has 0 aliphatic rings. The summed E-state index contributed by atoms with van der Waals surface area (Å²) in [6, 6.07) is 1.86. The van der Waals surface area contributed by atoms with E-state index in [9.17, 15) is 0 Å². The van der Waals surface area contributed by atoms with Gasteiger partial charge >= 0.3 is 0 Å². The first-order chi connectivity index (χ1) is 7.18. The highest BCUT2D eigenvalue weighted by atomic mass is 35.5.